The quantitative estimate of drug-likeness (QED) is 0.242. The summed E-state index contributed by atoms with van der Waals surface area (Å²) in [5.41, 5.74) is 1.00. The van der Waals surface area contributed by atoms with Gasteiger partial charge in [0.1, 0.15) is 0 Å². The van der Waals surface area contributed by atoms with E-state index in [2.05, 4.69) is 21.3 Å². The number of fused-ring (bicyclic) bond motifs is 2. The van der Waals surface area contributed by atoms with Gasteiger partial charge >= 0.3 is 11.9 Å². The van der Waals surface area contributed by atoms with Gasteiger partial charge in [0.15, 0.2) is 11.5 Å². The highest BCUT2D eigenvalue weighted by Gasteiger charge is 2.40. The number of rotatable bonds is 6. The number of esters is 2. The third-order valence-corrected chi connectivity index (χ3v) is 11.7. The molecule has 2 aliphatic heterocycles. The molecule has 50 heavy (non-hydrogen) atoms. The summed E-state index contributed by atoms with van der Waals surface area (Å²) < 4.78 is 12.6. The van der Waals surface area contributed by atoms with Crippen molar-refractivity contribution in [2.45, 2.75) is 61.1 Å². The Kier molecular flexibility index (Phi) is 10.7. The molecule has 4 N–H and O–H groups in total. The maximum atomic E-state index is 12.8. The average Bonchev–Trinajstić information content (AvgIpc) is 3.62. The van der Waals surface area contributed by atoms with Crippen LogP contribution in [-0.4, -0.2) is 47.1 Å². The number of nitrogens with one attached hydrogen (secondary N) is 4. The number of benzene rings is 1. The number of amides is 4. The zero-order valence-electron chi connectivity index (χ0n) is 27.0. The molecule has 1 aromatic carbocycles. The highest BCUT2D eigenvalue weighted by molar-refractivity contribution is 8.26. The SMILES string of the molecule is CC(=O)NC1=CC(=C2Sc3c(OC(C)=O)c4c(c(OC(C)=O)c3S2)SC(=C2C=C(NC(C)=O)C(=O)C=C2NC(C)=O)S4)C(NC(C)=O)=CC1=O. The third kappa shape index (κ3) is 7.83. The minimum Gasteiger partial charge on any atom is -0.424 e. The van der Waals surface area contributed by atoms with Crippen LogP contribution in [0.1, 0.15) is 41.5 Å². The van der Waals surface area contributed by atoms with Gasteiger partial charge in [0, 0.05) is 64.8 Å². The molecule has 4 amide bonds. The van der Waals surface area contributed by atoms with Crippen LogP contribution < -0.4 is 30.7 Å². The molecule has 14 nitrogen and oxygen atoms in total. The zero-order chi connectivity index (χ0) is 36.6. The number of hydrogen-bond acceptors (Lipinski definition) is 14. The van der Waals surface area contributed by atoms with Crippen LogP contribution in [0, 0.1) is 0 Å². The second kappa shape index (κ2) is 14.6. The summed E-state index contributed by atoms with van der Waals surface area (Å²) in [6.45, 7) is 7.48. The highest BCUT2D eigenvalue weighted by Crippen LogP contribution is 2.69. The van der Waals surface area contributed by atoms with Crippen molar-refractivity contribution in [3.63, 3.8) is 0 Å². The van der Waals surface area contributed by atoms with Gasteiger partial charge in [0.2, 0.25) is 35.2 Å². The van der Waals surface area contributed by atoms with E-state index in [-0.39, 0.29) is 34.3 Å². The van der Waals surface area contributed by atoms with Crippen LogP contribution in [-0.2, 0) is 38.4 Å². The Morgan fingerprint density at radius 3 is 1.00 bits per heavy atom. The van der Waals surface area contributed by atoms with Crippen LogP contribution in [0.4, 0.5) is 0 Å². The number of carbonyl (C=O) groups is 8. The minimum absolute atomic E-state index is 0.0303. The van der Waals surface area contributed by atoms with Crippen molar-refractivity contribution in [3.8, 4) is 11.5 Å². The summed E-state index contributed by atoms with van der Waals surface area (Å²) in [6.07, 6.45) is 5.21. The zero-order valence-corrected chi connectivity index (χ0v) is 30.3. The largest absolute Gasteiger partial charge is 0.424 e. The lowest BCUT2D eigenvalue weighted by Crippen LogP contribution is -2.30. The van der Waals surface area contributed by atoms with Gasteiger partial charge in [0.05, 0.1) is 50.8 Å². The molecule has 0 saturated heterocycles. The molecule has 0 unspecified atom stereocenters. The Balaban J connectivity index is 1.72. The Labute approximate surface area is 301 Å². The van der Waals surface area contributed by atoms with E-state index in [1.807, 2.05) is 0 Å². The van der Waals surface area contributed by atoms with Gasteiger partial charge in [0.25, 0.3) is 0 Å². The first-order chi connectivity index (χ1) is 23.5. The van der Waals surface area contributed by atoms with Gasteiger partial charge in [-0.05, 0) is 12.2 Å². The molecular formula is C32H26N4O10S4. The fraction of sp³-hybridized carbons (Fsp3) is 0.188. The fourth-order valence-electron chi connectivity index (χ4n) is 4.75. The first-order valence-corrected chi connectivity index (χ1v) is 17.7. The molecule has 5 rings (SSSR count). The summed E-state index contributed by atoms with van der Waals surface area (Å²) >= 11 is 4.51. The third-order valence-electron chi connectivity index (χ3n) is 6.43. The van der Waals surface area contributed by atoms with Gasteiger partial charge in [-0.2, -0.15) is 0 Å². The molecule has 0 saturated carbocycles. The topological polar surface area (TPSA) is 203 Å². The Morgan fingerprint density at radius 1 is 0.460 bits per heavy atom. The van der Waals surface area contributed by atoms with Gasteiger partial charge < -0.3 is 30.7 Å². The predicted molar refractivity (Wildman–Crippen MR) is 184 cm³/mol. The smallest absolute Gasteiger partial charge is 0.308 e. The predicted octanol–water partition coefficient (Wildman–Crippen LogP) is 3.60. The molecule has 0 radical (unpaired) electrons. The molecule has 0 bridgehead atoms. The number of thioether (sulfide) groups is 4. The molecule has 0 spiro atoms. The molecule has 2 aliphatic carbocycles. The van der Waals surface area contributed by atoms with E-state index < -0.39 is 47.1 Å². The van der Waals surface area contributed by atoms with Gasteiger partial charge in [-0.3, -0.25) is 38.4 Å². The first-order valence-electron chi connectivity index (χ1n) is 14.4. The Bertz CT molecular complexity index is 1890. The summed E-state index contributed by atoms with van der Waals surface area (Å²) in [7, 11) is 0. The van der Waals surface area contributed by atoms with E-state index in [4.69, 9.17) is 9.47 Å². The molecule has 2 heterocycles. The van der Waals surface area contributed by atoms with E-state index in [1.54, 1.807) is 0 Å². The first kappa shape index (κ1) is 36.5. The Hall–Kier alpha value is -4.78. The van der Waals surface area contributed by atoms with E-state index in [0.717, 1.165) is 47.0 Å². The highest BCUT2D eigenvalue weighted by atomic mass is 32.2. The number of allylic oxidation sites excluding steroid dienone is 4. The van der Waals surface area contributed by atoms with Crippen molar-refractivity contribution in [3.05, 3.63) is 66.7 Å². The van der Waals surface area contributed by atoms with Crippen molar-refractivity contribution >= 4 is 94.2 Å². The maximum absolute atomic E-state index is 12.8. The molecule has 0 fully saturated rings. The molecule has 0 atom stereocenters. The number of hydrogen-bond donors (Lipinski definition) is 4. The van der Waals surface area contributed by atoms with E-state index in [9.17, 15) is 38.4 Å². The van der Waals surface area contributed by atoms with Gasteiger partial charge in [-0.25, -0.2) is 0 Å². The number of ether oxygens (including phenoxy) is 2. The van der Waals surface area contributed by atoms with E-state index in [0.29, 0.717) is 39.2 Å². The van der Waals surface area contributed by atoms with Gasteiger partial charge in [-0.1, -0.05) is 47.0 Å². The summed E-state index contributed by atoms with van der Waals surface area (Å²) in [4.78, 5) is 100.0. The average molecular weight is 755 g/mol. The van der Waals surface area contributed by atoms with Crippen molar-refractivity contribution in [1.82, 2.24) is 21.3 Å². The van der Waals surface area contributed by atoms with Crippen LogP contribution in [0.5, 0.6) is 11.5 Å². The molecule has 1 aromatic rings. The van der Waals surface area contributed by atoms with Crippen LogP contribution in [0.15, 0.2) is 86.3 Å². The maximum Gasteiger partial charge on any atom is 0.308 e. The lowest BCUT2D eigenvalue weighted by Gasteiger charge is -2.18. The van der Waals surface area contributed by atoms with Crippen LogP contribution in [0.25, 0.3) is 0 Å². The monoisotopic (exact) mass is 754 g/mol. The second-order valence-electron chi connectivity index (χ2n) is 10.7. The number of ketones is 2. The van der Waals surface area contributed by atoms with E-state index in [1.165, 1.54) is 65.8 Å². The summed E-state index contributed by atoms with van der Waals surface area (Å²) in [5.74, 6) is -4.01. The molecule has 4 aliphatic rings. The van der Waals surface area contributed by atoms with Crippen molar-refractivity contribution in [2.75, 3.05) is 0 Å². The lowest BCUT2D eigenvalue weighted by molar-refractivity contribution is -0.133. The minimum atomic E-state index is -0.655. The van der Waals surface area contributed by atoms with Crippen LogP contribution in [0.3, 0.4) is 0 Å². The second-order valence-corrected chi connectivity index (χ2v) is 15.3. The molecule has 0 aromatic heterocycles. The van der Waals surface area contributed by atoms with E-state index >= 15 is 0 Å². The molecule has 18 heteroatoms. The molecular weight excluding hydrogens is 729 g/mol. The Morgan fingerprint density at radius 2 is 0.740 bits per heavy atom. The molecule has 258 valence electrons. The number of carbonyl (C=O) groups excluding carboxylic acids is 8. The summed E-state index contributed by atoms with van der Waals surface area (Å²) in [6, 6.07) is 0. The summed E-state index contributed by atoms with van der Waals surface area (Å²) in [5, 5.41) is 10.3. The van der Waals surface area contributed by atoms with Crippen LogP contribution in [0.2, 0.25) is 0 Å². The van der Waals surface area contributed by atoms with Crippen molar-refractivity contribution in [2.24, 2.45) is 0 Å². The standard InChI is InChI=1S/C32H26N4O10S4/c1-11(37)33-19-9-23(43)21(35-13(3)39)7-17(19)31-47-27-25(45-15(5)41)29-30(26(28(27)48-31)46-16(6)42)50-32(49-29)18-8-22(36-14(4)40)24(44)10-20(18)34-12(2)38/h7-10H,1-6H3,(H,33,37)(H,34,38)(H,35,39)(H,36,40). The van der Waals surface area contributed by atoms with Crippen molar-refractivity contribution in [1.29, 1.82) is 0 Å². The fourth-order valence-corrected chi connectivity index (χ4v) is 10.3. The normalized spacial score (nSPS) is 16.4. The van der Waals surface area contributed by atoms with Crippen LogP contribution >= 0.6 is 47.0 Å². The lowest BCUT2D eigenvalue weighted by atomic mass is 10.0. The van der Waals surface area contributed by atoms with Gasteiger partial charge in [-0.15, -0.1) is 0 Å². The van der Waals surface area contributed by atoms with Crippen molar-refractivity contribution < 1.29 is 47.8 Å².